The highest BCUT2D eigenvalue weighted by molar-refractivity contribution is 8.00. The Labute approximate surface area is 168 Å². The zero-order valence-corrected chi connectivity index (χ0v) is 16.6. The number of hydrogen-bond acceptors (Lipinski definition) is 3. The second-order valence-electron chi connectivity index (χ2n) is 6.78. The molecule has 0 saturated heterocycles. The van der Waals surface area contributed by atoms with E-state index in [1.54, 1.807) is 0 Å². The van der Waals surface area contributed by atoms with Gasteiger partial charge in [-0.1, -0.05) is 66.4 Å². The van der Waals surface area contributed by atoms with Gasteiger partial charge >= 0.3 is 0 Å². The number of para-hydroxylation sites is 2. The fourth-order valence-electron chi connectivity index (χ4n) is 3.07. The molecule has 0 unspecified atom stereocenters. The lowest BCUT2D eigenvalue weighted by Gasteiger charge is -2.17. The van der Waals surface area contributed by atoms with Crippen molar-refractivity contribution < 1.29 is 4.79 Å². The average Bonchev–Trinajstić information content (AvgIpc) is 3.12. The van der Waals surface area contributed by atoms with Gasteiger partial charge in [-0.05, 0) is 48.7 Å². The van der Waals surface area contributed by atoms with E-state index < -0.39 is 5.25 Å². The molecule has 4 nitrogen and oxygen atoms in total. The third-order valence-electron chi connectivity index (χ3n) is 4.59. The summed E-state index contributed by atoms with van der Waals surface area (Å²) in [6.45, 7) is 4.02. The molecule has 1 heterocycles. The lowest BCUT2D eigenvalue weighted by atomic mass is 10.1. The number of imidazole rings is 1. The predicted molar refractivity (Wildman–Crippen MR) is 116 cm³/mol. The largest absolute Gasteiger partial charge is 0.333 e. The van der Waals surface area contributed by atoms with E-state index in [0.717, 1.165) is 38.6 Å². The van der Waals surface area contributed by atoms with E-state index in [0.29, 0.717) is 0 Å². The number of fused-ring (bicyclic) bond motifs is 1. The van der Waals surface area contributed by atoms with Gasteiger partial charge in [0.15, 0.2) is 5.16 Å². The predicted octanol–water partition coefficient (Wildman–Crippen LogP) is 5.65. The molecule has 0 spiro atoms. The van der Waals surface area contributed by atoms with Crippen molar-refractivity contribution in [1.29, 1.82) is 0 Å². The Balaban J connectivity index is 1.65. The van der Waals surface area contributed by atoms with Crippen LogP contribution < -0.4 is 5.32 Å². The van der Waals surface area contributed by atoms with Crippen LogP contribution in [0.1, 0.15) is 21.9 Å². The van der Waals surface area contributed by atoms with Gasteiger partial charge in [-0.15, -0.1) is 0 Å². The van der Waals surface area contributed by atoms with Crippen LogP contribution in [0.4, 0.5) is 5.69 Å². The Bertz CT molecular complexity index is 1090. The Kier molecular flexibility index (Phi) is 5.17. The van der Waals surface area contributed by atoms with Crippen LogP contribution in [0.25, 0.3) is 11.0 Å². The number of nitrogens with one attached hydrogen (secondary N) is 2. The average molecular weight is 388 g/mol. The fourth-order valence-corrected chi connectivity index (χ4v) is 4.07. The van der Waals surface area contributed by atoms with E-state index in [9.17, 15) is 4.79 Å². The fraction of sp³-hybridized carbons (Fsp3) is 0.130. The highest BCUT2D eigenvalue weighted by Gasteiger charge is 2.24. The molecule has 3 aromatic carbocycles. The summed E-state index contributed by atoms with van der Waals surface area (Å²) in [4.78, 5) is 21.2. The quantitative estimate of drug-likeness (QED) is 0.435. The Morgan fingerprint density at radius 1 is 1.00 bits per heavy atom. The second-order valence-corrected chi connectivity index (χ2v) is 7.87. The molecule has 0 aliphatic carbocycles. The maximum Gasteiger partial charge on any atom is 0.242 e. The van der Waals surface area contributed by atoms with Gasteiger partial charge in [-0.3, -0.25) is 4.79 Å². The van der Waals surface area contributed by atoms with E-state index in [1.807, 2.05) is 86.6 Å². The lowest BCUT2D eigenvalue weighted by Crippen LogP contribution is -2.19. The van der Waals surface area contributed by atoms with Crippen molar-refractivity contribution in [2.45, 2.75) is 24.3 Å². The van der Waals surface area contributed by atoms with Crippen molar-refractivity contribution in [3.63, 3.8) is 0 Å². The Hall–Kier alpha value is -3.05. The number of nitrogens with zero attached hydrogens (tertiary/aromatic N) is 1. The van der Waals surface area contributed by atoms with Crippen molar-refractivity contribution in [2.75, 3.05) is 5.32 Å². The lowest BCUT2D eigenvalue weighted by molar-refractivity contribution is -0.115. The topological polar surface area (TPSA) is 57.8 Å². The molecule has 2 N–H and O–H groups in total. The summed E-state index contributed by atoms with van der Waals surface area (Å²) in [5.41, 5.74) is 5.80. The van der Waals surface area contributed by atoms with Crippen LogP contribution in [0.2, 0.25) is 0 Å². The van der Waals surface area contributed by atoms with E-state index in [-0.39, 0.29) is 5.91 Å². The van der Waals surface area contributed by atoms with Gasteiger partial charge in [0.25, 0.3) is 0 Å². The number of carbonyl (C=O) groups excluding carboxylic acids is 1. The van der Waals surface area contributed by atoms with Gasteiger partial charge in [0.1, 0.15) is 5.25 Å². The number of aryl methyl sites for hydroxylation is 2. The van der Waals surface area contributed by atoms with Crippen LogP contribution in [0.5, 0.6) is 0 Å². The molecular weight excluding hydrogens is 366 g/mol. The van der Waals surface area contributed by atoms with Gasteiger partial charge in [0.05, 0.1) is 11.0 Å². The van der Waals surface area contributed by atoms with Crippen molar-refractivity contribution >= 4 is 34.4 Å². The zero-order chi connectivity index (χ0) is 19.5. The number of anilines is 1. The van der Waals surface area contributed by atoms with E-state index in [2.05, 4.69) is 15.3 Å². The van der Waals surface area contributed by atoms with Crippen LogP contribution in [0.3, 0.4) is 0 Å². The van der Waals surface area contributed by atoms with Crippen LogP contribution in [-0.4, -0.2) is 15.9 Å². The van der Waals surface area contributed by atoms with Crippen LogP contribution >= 0.6 is 11.8 Å². The van der Waals surface area contributed by atoms with Gasteiger partial charge in [-0.25, -0.2) is 4.98 Å². The SMILES string of the molecule is Cc1ccc(C)c(NC(=O)[C@@H](Sc2nc3ccccc3[nH]2)c2ccccc2)c1. The number of aromatic nitrogens is 2. The number of carbonyl (C=O) groups is 1. The maximum absolute atomic E-state index is 13.2. The van der Waals surface area contributed by atoms with E-state index in [4.69, 9.17) is 0 Å². The third-order valence-corrected chi connectivity index (χ3v) is 5.73. The molecule has 0 saturated carbocycles. The molecule has 0 aliphatic heterocycles. The van der Waals surface area contributed by atoms with Gasteiger partial charge in [-0.2, -0.15) is 0 Å². The molecule has 1 amide bonds. The molecule has 28 heavy (non-hydrogen) atoms. The number of H-pyrrole nitrogens is 1. The monoisotopic (exact) mass is 387 g/mol. The summed E-state index contributed by atoms with van der Waals surface area (Å²) in [5, 5.41) is 3.42. The van der Waals surface area contributed by atoms with Crippen molar-refractivity contribution in [1.82, 2.24) is 9.97 Å². The minimum Gasteiger partial charge on any atom is -0.333 e. The Morgan fingerprint density at radius 3 is 2.54 bits per heavy atom. The molecule has 1 atom stereocenters. The number of hydrogen-bond donors (Lipinski definition) is 2. The number of benzene rings is 3. The van der Waals surface area contributed by atoms with Gasteiger partial charge in [0.2, 0.25) is 5.91 Å². The first-order valence-electron chi connectivity index (χ1n) is 9.14. The van der Waals surface area contributed by atoms with Gasteiger partial charge in [0, 0.05) is 5.69 Å². The third kappa shape index (κ3) is 3.94. The first kappa shape index (κ1) is 18.3. The molecule has 140 valence electrons. The molecule has 1 aromatic heterocycles. The van der Waals surface area contributed by atoms with Crippen molar-refractivity contribution in [2.24, 2.45) is 0 Å². The molecule has 0 bridgehead atoms. The summed E-state index contributed by atoms with van der Waals surface area (Å²) in [6.07, 6.45) is 0. The van der Waals surface area contributed by atoms with Crippen LogP contribution in [0, 0.1) is 13.8 Å². The summed E-state index contributed by atoms with van der Waals surface area (Å²) >= 11 is 1.43. The highest BCUT2D eigenvalue weighted by Crippen LogP contribution is 2.36. The minimum absolute atomic E-state index is 0.0645. The first-order chi connectivity index (χ1) is 13.6. The summed E-state index contributed by atoms with van der Waals surface area (Å²) < 4.78 is 0. The standard InChI is InChI=1S/C23H21N3OS/c1-15-12-13-16(2)20(14-15)24-22(27)21(17-8-4-3-5-9-17)28-23-25-18-10-6-7-11-19(18)26-23/h3-14,21H,1-2H3,(H,24,27)(H,25,26)/t21-/m0/s1. The maximum atomic E-state index is 13.2. The molecule has 4 aromatic rings. The Morgan fingerprint density at radius 2 is 1.75 bits per heavy atom. The molecule has 0 fully saturated rings. The molecular formula is C23H21N3OS. The molecule has 0 aliphatic rings. The first-order valence-corrected chi connectivity index (χ1v) is 10.0. The summed E-state index contributed by atoms with van der Waals surface area (Å²) in [6, 6.07) is 23.7. The van der Waals surface area contributed by atoms with Gasteiger partial charge < -0.3 is 10.3 Å². The number of amides is 1. The van der Waals surface area contributed by atoms with Crippen LogP contribution in [-0.2, 0) is 4.79 Å². The summed E-state index contributed by atoms with van der Waals surface area (Å²) in [5.74, 6) is -0.0645. The molecule has 4 rings (SSSR count). The number of thioether (sulfide) groups is 1. The van der Waals surface area contributed by atoms with Crippen molar-refractivity contribution in [3.8, 4) is 0 Å². The van der Waals surface area contributed by atoms with Crippen molar-refractivity contribution in [3.05, 3.63) is 89.5 Å². The second kappa shape index (κ2) is 7.90. The highest BCUT2D eigenvalue weighted by atomic mass is 32.2. The summed E-state index contributed by atoms with van der Waals surface area (Å²) in [7, 11) is 0. The zero-order valence-electron chi connectivity index (χ0n) is 15.8. The number of aromatic amines is 1. The number of rotatable bonds is 5. The van der Waals surface area contributed by atoms with E-state index >= 15 is 0 Å². The smallest absolute Gasteiger partial charge is 0.242 e. The van der Waals surface area contributed by atoms with Crippen LogP contribution in [0.15, 0.2) is 78.0 Å². The molecule has 5 heteroatoms. The normalized spacial score (nSPS) is 12.1. The molecule has 0 radical (unpaired) electrons. The van der Waals surface area contributed by atoms with E-state index in [1.165, 1.54) is 11.8 Å². The minimum atomic E-state index is -0.415.